The van der Waals surface area contributed by atoms with Crippen LogP contribution in [0.5, 0.6) is 0 Å². The molecule has 3 N–H and O–H groups in total. The maximum atomic E-state index is 13.2. The van der Waals surface area contributed by atoms with E-state index in [1.807, 2.05) is 13.8 Å². The van der Waals surface area contributed by atoms with E-state index in [4.69, 9.17) is 16.7 Å². The zero-order chi connectivity index (χ0) is 21.8. The highest BCUT2D eigenvalue weighted by Gasteiger charge is 2.62. The largest absolute Gasteiger partial charge is 0.418 e. The molecule has 3 rings (SSSR count). The number of alkyl halides is 3. The van der Waals surface area contributed by atoms with Crippen LogP contribution in [0.4, 0.5) is 18.9 Å². The monoisotopic (exact) mass is 446 g/mol. The van der Waals surface area contributed by atoms with Crippen molar-refractivity contribution in [3.8, 4) is 0 Å². The summed E-state index contributed by atoms with van der Waals surface area (Å²) in [5.41, 5.74) is -1.21. The Morgan fingerprint density at radius 1 is 1.14 bits per heavy atom. The second kappa shape index (κ2) is 7.00. The van der Waals surface area contributed by atoms with Crippen LogP contribution < -0.4 is 10.5 Å². The number of nitrogens with two attached hydrogens (primary N) is 1. The van der Waals surface area contributed by atoms with Crippen LogP contribution in [0.25, 0.3) is 0 Å². The van der Waals surface area contributed by atoms with Crippen LogP contribution in [0.3, 0.4) is 0 Å². The van der Waals surface area contributed by atoms with Gasteiger partial charge in [0.05, 0.1) is 22.1 Å². The van der Waals surface area contributed by atoms with E-state index < -0.39 is 44.7 Å². The van der Waals surface area contributed by atoms with E-state index in [2.05, 4.69) is 5.32 Å². The van der Waals surface area contributed by atoms with Gasteiger partial charge < -0.3 is 5.32 Å². The molecule has 0 bridgehead atoms. The Hall–Kier alpha value is -2.10. The minimum Gasteiger partial charge on any atom is -0.325 e. The van der Waals surface area contributed by atoms with Crippen molar-refractivity contribution in [3.05, 3.63) is 58.6 Å². The van der Waals surface area contributed by atoms with Crippen LogP contribution in [-0.4, -0.2) is 14.3 Å². The lowest BCUT2D eigenvalue weighted by Gasteiger charge is -2.14. The lowest BCUT2D eigenvalue weighted by molar-refractivity contribution is -0.137. The topological polar surface area (TPSA) is 89.3 Å². The first-order valence-electron chi connectivity index (χ1n) is 8.53. The third-order valence-corrected chi connectivity index (χ3v) is 6.39. The highest BCUT2D eigenvalue weighted by atomic mass is 35.5. The molecule has 2 unspecified atom stereocenters. The number of hydrogen-bond donors (Lipinski definition) is 2. The third-order valence-electron chi connectivity index (χ3n) is 5.22. The summed E-state index contributed by atoms with van der Waals surface area (Å²) in [6.45, 7) is 3.64. The molecule has 0 radical (unpaired) electrons. The van der Waals surface area contributed by atoms with Gasteiger partial charge in [0.25, 0.3) is 0 Å². The SMILES string of the molecule is CC1(C)C(C(=O)Nc2cc(Cl)ccc2C(F)(F)F)C1c1ccc(S(N)(=O)=O)cc1. The van der Waals surface area contributed by atoms with Crippen molar-refractivity contribution in [1.82, 2.24) is 0 Å². The average Bonchev–Trinajstić information content (AvgIpc) is 3.15. The van der Waals surface area contributed by atoms with Crippen molar-refractivity contribution >= 4 is 33.2 Å². The fraction of sp³-hybridized carbons (Fsp3) is 0.316. The highest BCUT2D eigenvalue weighted by molar-refractivity contribution is 7.89. The molecule has 0 aliphatic heterocycles. The first kappa shape index (κ1) is 21.6. The molecule has 29 heavy (non-hydrogen) atoms. The number of primary sulfonamides is 1. The van der Waals surface area contributed by atoms with E-state index in [9.17, 15) is 26.4 Å². The number of carbonyl (C=O) groups is 1. The molecule has 0 saturated heterocycles. The number of sulfonamides is 1. The molecule has 2 aromatic rings. The van der Waals surface area contributed by atoms with Crippen molar-refractivity contribution in [2.45, 2.75) is 30.8 Å². The lowest BCUT2D eigenvalue weighted by atomic mass is 10.0. The highest BCUT2D eigenvalue weighted by Crippen LogP contribution is 2.64. The minimum absolute atomic E-state index is 0.0607. The molecule has 0 heterocycles. The van der Waals surface area contributed by atoms with Crippen molar-refractivity contribution < 1.29 is 26.4 Å². The van der Waals surface area contributed by atoms with Crippen LogP contribution in [-0.2, 0) is 21.0 Å². The van der Waals surface area contributed by atoms with E-state index in [1.165, 1.54) is 12.1 Å². The number of anilines is 1. The van der Waals surface area contributed by atoms with Gasteiger partial charge in [-0.25, -0.2) is 13.6 Å². The smallest absolute Gasteiger partial charge is 0.325 e. The second-order valence-corrected chi connectivity index (χ2v) is 9.57. The molecule has 1 aliphatic carbocycles. The van der Waals surface area contributed by atoms with Gasteiger partial charge in [-0.15, -0.1) is 0 Å². The van der Waals surface area contributed by atoms with E-state index in [0.29, 0.717) is 5.56 Å². The normalized spacial score (nSPS) is 20.9. The number of hydrogen-bond acceptors (Lipinski definition) is 3. The van der Waals surface area contributed by atoms with Gasteiger partial charge >= 0.3 is 6.18 Å². The molecule has 0 aromatic heterocycles. The molecule has 2 atom stereocenters. The van der Waals surface area contributed by atoms with Crippen LogP contribution >= 0.6 is 11.6 Å². The van der Waals surface area contributed by atoms with Crippen molar-refractivity contribution in [2.75, 3.05) is 5.32 Å². The Labute approximate surface area is 171 Å². The van der Waals surface area contributed by atoms with Gasteiger partial charge in [-0.2, -0.15) is 13.2 Å². The second-order valence-electron chi connectivity index (χ2n) is 7.57. The lowest BCUT2D eigenvalue weighted by Crippen LogP contribution is -2.20. The molecule has 5 nitrogen and oxygen atoms in total. The van der Waals surface area contributed by atoms with Crippen molar-refractivity contribution in [2.24, 2.45) is 16.5 Å². The van der Waals surface area contributed by atoms with Crippen LogP contribution in [0.1, 0.15) is 30.9 Å². The van der Waals surface area contributed by atoms with Gasteiger partial charge in [0.15, 0.2) is 0 Å². The van der Waals surface area contributed by atoms with Gasteiger partial charge in [-0.1, -0.05) is 37.6 Å². The Balaban J connectivity index is 1.85. The predicted octanol–water partition coefficient (Wildman–Crippen LogP) is 4.38. The number of amides is 1. The summed E-state index contributed by atoms with van der Waals surface area (Å²) in [6.07, 6.45) is -4.64. The fourth-order valence-corrected chi connectivity index (χ4v) is 4.38. The molecule has 10 heteroatoms. The Bertz CT molecular complexity index is 1070. The molecular formula is C19H18ClF3N2O3S. The molecule has 0 spiro atoms. The van der Waals surface area contributed by atoms with Crippen molar-refractivity contribution in [3.63, 3.8) is 0 Å². The standard InChI is InChI=1S/C19H18ClF3N2O3S/c1-18(2)15(10-3-6-12(7-4-10)29(24,27)28)16(18)17(26)25-14-9-11(20)5-8-13(14)19(21,22)23/h3-9,15-16H,1-2H3,(H,25,26)(H2,24,27,28). The molecule has 1 amide bonds. The van der Waals surface area contributed by atoms with E-state index in [1.54, 1.807) is 12.1 Å². The molecule has 156 valence electrons. The maximum absolute atomic E-state index is 13.2. The summed E-state index contributed by atoms with van der Waals surface area (Å²) < 4.78 is 62.4. The maximum Gasteiger partial charge on any atom is 0.418 e. The van der Waals surface area contributed by atoms with E-state index in [0.717, 1.165) is 18.2 Å². The third kappa shape index (κ3) is 4.26. The Kier molecular flexibility index (Phi) is 5.21. The van der Waals surface area contributed by atoms with Gasteiger partial charge in [0.1, 0.15) is 0 Å². The Morgan fingerprint density at radius 3 is 2.24 bits per heavy atom. The van der Waals surface area contributed by atoms with Crippen molar-refractivity contribution in [1.29, 1.82) is 0 Å². The fourth-order valence-electron chi connectivity index (χ4n) is 3.69. The molecule has 1 saturated carbocycles. The number of benzene rings is 2. The zero-order valence-corrected chi connectivity index (χ0v) is 17.0. The van der Waals surface area contributed by atoms with Gasteiger partial charge in [0, 0.05) is 10.9 Å². The van der Waals surface area contributed by atoms with E-state index >= 15 is 0 Å². The van der Waals surface area contributed by atoms with Gasteiger partial charge in [-0.3, -0.25) is 4.79 Å². The summed E-state index contributed by atoms with van der Waals surface area (Å²) in [6, 6.07) is 8.78. The molecule has 1 fully saturated rings. The quantitative estimate of drug-likeness (QED) is 0.730. The number of nitrogens with one attached hydrogen (secondary N) is 1. The number of rotatable bonds is 4. The molecule has 1 aliphatic rings. The first-order chi connectivity index (χ1) is 13.2. The average molecular weight is 447 g/mol. The minimum atomic E-state index is -4.64. The summed E-state index contributed by atoms with van der Waals surface area (Å²) in [5, 5.41) is 7.50. The summed E-state index contributed by atoms with van der Waals surface area (Å²) in [5.74, 6) is -1.45. The number of halogens is 4. The predicted molar refractivity (Wildman–Crippen MR) is 103 cm³/mol. The first-order valence-corrected chi connectivity index (χ1v) is 10.5. The van der Waals surface area contributed by atoms with Crippen LogP contribution in [0.2, 0.25) is 5.02 Å². The molecule has 2 aromatic carbocycles. The Morgan fingerprint density at radius 2 is 1.72 bits per heavy atom. The summed E-state index contributed by atoms with van der Waals surface area (Å²) in [4.78, 5) is 12.7. The van der Waals surface area contributed by atoms with E-state index in [-0.39, 0.29) is 15.8 Å². The molecular weight excluding hydrogens is 429 g/mol. The summed E-state index contributed by atoms with van der Waals surface area (Å²) >= 11 is 5.80. The van der Waals surface area contributed by atoms with Crippen LogP contribution in [0, 0.1) is 11.3 Å². The zero-order valence-electron chi connectivity index (χ0n) is 15.4. The summed E-state index contributed by atoms with van der Waals surface area (Å²) in [7, 11) is -3.85. The van der Waals surface area contributed by atoms with Gasteiger partial charge in [-0.05, 0) is 41.3 Å². The number of carbonyl (C=O) groups excluding carboxylic acids is 1. The van der Waals surface area contributed by atoms with Gasteiger partial charge in [0.2, 0.25) is 15.9 Å². The van der Waals surface area contributed by atoms with Crippen LogP contribution in [0.15, 0.2) is 47.4 Å².